The number of halogens is 1. The Morgan fingerprint density at radius 2 is 2.28 bits per heavy atom. The highest BCUT2D eigenvalue weighted by Crippen LogP contribution is 2.08. The van der Waals surface area contributed by atoms with E-state index in [1.54, 1.807) is 6.20 Å². The number of carbonyl (C=O) groups is 1. The minimum Gasteiger partial charge on any atom is -0.383 e. The van der Waals surface area contributed by atoms with Gasteiger partial charge in [-0.1, -0.05) is 13.8 Å². The van der Waals surface area contributed by atoms with Gasteiger partial charge in [0.1, 0.15) is 6.04 Å². The van der Waals surface area contributed by atoms with Crippen LogP contribution >= 0.6 is 12.4 Å². The second-order valence-electron chi connectivity index (χ2n) is 4.35. The van der Waals surface area contributed by atoms with Crippen molar-refractivity contribution >= 4 is 24.3 Å². The Morgan fingerprint density at radius 3 is 2.83 bits per heavy atom. The largest absolute Gasteiger partial charge is 0.383 e. The standard InChI is InChI=1S/C11H20N4O2.ClH/c1-8(2)6-15-5-4-13-11(15)14-10(16)9(12)7-17-3;/h4-5,8-9H,6-7,12H2,1-3H3,(H,13,14,16);1H. The molecule has 0 aliphatic heterocycles. The van der Waals surface area contributed by atoms with E-state index in [4.69, 9.17) is 10.5 Å². The quantitative estimate of drug-likeness (QED) is 0.808. The molecule has 3 N–H and O–H groups in total. The number of nitrogens with two attached hydrogens (primary N) is 1. The van der Waals surface area contributed by atoms with Crippen LogP contribution in [0.15, 0.2) is 12.4 Å². The number of rotatable bonds is 6. The van der Waals surface area contributed by atoms with Crippen LogP contribution in [-0.4, -0.2) is 35.2 Å². The van der Waals surface area contributed by atoms with Crippen molar-refractivity contribution < 1.29 is 9.53 Å². The second-order valence-corrected chi connectivity index (χ2v) is 4.35. The molecule has 0 bridgehead atoms. The molecule has 18 heavy (non-hydrogen) atoms. The highest BCUT2D eigenvalue weighted by atomic mass is 35.5. The molecule has 0 fully saturated rings. The molecule has 1 unspecified atom stereocenters. The fourth-order valence-corrected chi connectivity index (χ4v) is 1.43. The number of methoxy groups -OCH3 is 1. The van der Waals surface area contributed by atoms with E-state index in [0.29, 0.717) is 11.9 Å². The minimum absolute atomic E-state index is 0. The highest BCUT2D eigenvalue weighted by Gasteiger charge is 2.15. The topological polar surface area (TPSA) is 82.2 Å². The van der Waals surface area contributed by atoms with Crippen molar-refractivity contribution in [2.45, 2.75) is 26.4 Å². The Labute approximate surface area is 113 Å². The summed E-state index contributed by atoms with van der Waals surface area (Å²) in [5.74, 6) is 0.714. The lowest BCUT2D eigenvalue weighted by atomic mass is 10.2. The maximum absolute atomic E-state index is 11.7. The van der Waals surface area contributed by atoms with Gasteiger partial charge < -0.3 is 15.0 Å². The van der Waals surface area contributed by atoms with Crippen LogP contribution in [0.2, 0.25) is 0 Å². The zero-order chi connectivity index (χ0) is 12.8. The van der Waals surface area contributed by atoms with Gasteiger partial charge in [0.05, 0.1) is 6.61 Å². The molecular formula is C11H21ClN4O2. The third kappa shape index (κ3) is 5.03. The van der Waals surface area contributed by atoms with Gasteiger partial charge in [-0.05, 0) is 5.92 Å². The van der Waals surface area contributed by atoms with Crippen molar-refractivity contribution in [2.24, 2.45) is 11.7 Å². The zero-order valence-corrected chi connectivity index (χ0v) is 11.7. The molecule has 1 heterocycles. The molecule has 1 atom stereocenters. The van der Waals surface area contributed by atoms with Crippen LogP contribution in [-0.2, 0) is 16.1 Å². The zero-order valence-electron chi connectivity index (χ0n) is 10.9. The van der Waals surface area contributed by atoms with Gasteiger partial charge in [0.2, 0.25) is 11.9 Å². The highest BCUT2D eigenvalue weighted by molar-refractivity contribution is 5.93. The van der Waals surface area contributed by atoms with E-state index < -0.39 is 6.04 Å². The Morgan fingerprint density at radius 1 is 1.61 bits per heavy atom. The summed E-state index contributed by atoms with van der Waals surface area (Å²) in [6.45, 7) is 5.19. The summed E-state index contributed by atoms with van der Waals surface area (Å²) >= 11 is 0. The Bertz CT molecular complexity index is 368. The van der Waals surface area contributed by atoms with Crippen molar-refractivity contribution in [1.82, 2.24) is 9.55 Å². The van der Waals surface area contributed by atoms with E-state index in [9.17, 15) is 4.79 Å². The van der Waals surface area contributed by atoms with Crippen molar-refractivity contribution in [3.63, 3.8) is 0 Å². The number of imidazole rings is 1. The van der Waals surface area contributed by atoms with Gasteiger partial charge in [-0.15, -0.1) is 12.4 Å². The Hall–Kier alpha value is -1.11. The van der Waals surface area contributed by atoms with E-state index in [1.807, 2.05) is 10.8 Å². The molecule has 0 aliphatic rings. The van der Waals surface area contributed by atoms with Crippen molar-refractivity contribution in [3.05, 3.63) is 12.4 Å². The fourth-order valence-electron chi connectivity index (χ4n) is 1.43. The molecule has 0 aromatic carbocycles. The van der Waals surface area contributed by atoms with E-state index >= 15 is 0 Å². The average molecular weight is 277 g/mol. The number of amides is 1. The first-order valence-electron chi connectivity index (χ1n) is 5.61. The number of hydrogen-bond donors (Lipinski definition) is 2. The summed E-state index contributed by atoms with van der Waals surface area (Å²) in [5, 5.41) is 2.69. The van der Waals surface area contributed by atoms with Gasteiger partial charge in [0.25, 0.3) is 0 Å². The number of nitrogens with zero attached hydrogens (tertiary/aromatic N) is 2. The van der Waals surface area contributed by atoms with Crippen LogP contribution in [0.1, 0.15) is 13.8 Å². The molecule has 0 spiro atoms. The number of anilines is 1. The lowest BCUT2D eigenvalue weighted by molar-refractivity contribution is -0.118. The van der Waals surface area contributed by atoms with Gasteiger partial charge >= 0.3 is 0 Å². The summed E-state index contributed by atoms with van der Waals surface area (Å²) < 4.78 is 6.72. The second kappa shape index (κ2) is 8.07. The SMILES string of the molecule is COCC(N)C(=O)Nc1nccn1CC(C)C.Cl. The summed E-state index contributed by atoms with van der Waals surface area (Å²) in [6, 6.07) is -0.677. The van der Waals surface area contributed by atoms with E-state index in [2.05, 4.69) is 24.1 Å². The predicted octanol–water partition coefficient (Wildman–Crippen LogP) is 0.873. The van der Waals surface area contributed by atoms with Gasteiger partial charge in [0.15, 0.2) is 0 Å². The molecule has 1 aromatic rings. The lowest BCUT2D eigenvalue weighted by Gasteiger charge is -2.13. The monoisotopic (exact) mass is 276 g/mol. The van der Waals surface area contributed by atoms with E-state index in [1.165, 1.54) is 7.11 Å². The average Bonchev–Trinajstić information content (AvgIpc) is 2.65. The fraction of sp³-hybridized carbons (Fsp3) is 0.636. The molecule has 6 nitrogen and oxygen atoms in total. The summed E-state index contributed by atoms with van der Waals surface area (Å²) in [4.78, 5) is 15.8. The molecule has 0 radical (unpaired) electrons. The minimum atomic E-state index is -0.677. The van der Waals surface area contributed by atoms with Crippen LogP contribution in [0.3, 0.4) is 0 Å². The van der Waals surface area contributed by atoms with Crippen LogP contribution in [0.4, 0.5) is 5.95 Å². The summed E-state index contributed by atoms with van der Waals surface area (Å²) in [6.07, 6.45) is 3.48. The van der Waals surface area contributed by atoms with Crippen molar-refractivity contribution in [1.29, 1.82) is 0 Å². The third-order valence-electron chi connectivity index (χ3n) is 2.20. The molecule has 7 heteroatoms. The van der Waals surface area contributed by atoms with Gasteiger partial charge in [-0.2, -0.15) is 0 Å². The first-order valence-corrected chi connectivity index (χ1v) is 5.61. The van der Waals surface area contributed by atoms with Crippen LogP contribution in [0, 0.1) is 5.92 Å². The number of nitrogens with one attached hydrogen (secondary N) is 1. The number of aromatic nitrogens is 2. The lowest BCUT2D eigenvalue weighted by Crippen LogP contribution is -2.39. The van der Waals surface area contributed by atoms with Gasteiger partial charge in [-0.3, -0.25) is 10.1 Å². The Balaban J connectivity index is 0.00000289. The predicted molar refractivity (Wildman–Crippen MR) is 72.8 cm³/mol. The third-order valence-corrected chi connectivity index (χ3v) is 2.20. The maximum atomic E-state index is 11.7. The first-order chi connectivity index (χ1) is 8.04. The van der Waals surface area contributed by atoms with Crippen LogP contribution in [0.25, 0.3) is 0 Å². The van der Waals surface area contributed by atoms with Gasteiger partial charge in [0, 0.05) is 26.0 Å². The van der Waals surface area contributed by atoms with E-state index in [-0.39, 0.29) is 24.9 Å². The Kier molecular flexibility index (Phi) is 7.58. The van der Waals surface area contributed by atoms with Crippen LogP contribution in [0.5, 0.6) is 0 Å². The number of carbonyl (C=O) groups excluding carboxylic acids is 1. The first kappa shape index (κ1) is 16.9. The molecule has 1 rings (SSSR count). The molecule has 1 aromatic heterocycles. The van der Waals surface area contributed by atoms with E-state index in [0.717, 1.165) is 6.54 Å². The number of hydrogen-bond acceptors (Lipinski definition) is 4. The molecule has 1 amide bonds. The summed E-state index contributed by atoms with van der Waals surface area (Å²) in [7, 11) is 1.51. The molecular weight excluding hydrogens is 256 g/mol. The molecule has 0 saturated carbocycles. The number of ether oxygens (including phenoxy) is 1. The maximum Gasteiger partial charge on any atom is 0.245 e. The van der Waals surface area contributed by atoms with Gasteiger partial charge in [-0.25, -0.2) is 4.98 Å². The van der Waals surface area contributed by atoms with Crippen LogP contribution < -0.4 is 11.1 Å². The molecule has 0 aliphatic carbocycles. The molecule has 0 saturated heterocycles. The summed E-state index contributed by atoms with van der Waals surface area (Å²) in [5.41, 5.74) is 5.62. The smallest absolute Gasteiger partial charge is 0.245 e. The van der Waals surface area contributed by atoms with Crippen molar-refractivity contribution in [2.75, 3.05) is 19.0 Å². The van der Waals surface area contributed by atoms with Crippen molar-refractivity contribution in [3.8, 4) is 0 Å². The molecule has 104 valence electrons. The normalized spacial score (nSPS) is 12.1.